The molecule has 0 bridgehead atoms. The number of carbonyl (C=O) groups is 3. The summed E-state index contributed by atoms with van der Waals surface area (Å²) >= 11 is 0. The van der Waals surface area contributed by atoms with Crippen LogP contribution in [-0.2, 0) is 0 Å². The molecular weight excluding hydrogens is 330 g/mol. The number of benzene rings is 2. The largest absolute Gasteiger partial charge is 0.319 e. The number of carbonyl (C=O) groups excluding carboxylic acids is 3. The molecule has 25 heavy (non-hydrogen) atoms. The summed E-state index contributed by atoms with van der Waals surface area (Å²) in [5.74, 6) is -3.35. The lowest BCUT2D eigenvalue weighted by Crippen LogP contribution is -2.29. The smallest absolute Gasteiger partial charge is 0.261 e. The van der Waals surface area contributed by atoms with E-state index in [0.29, 0.717) is 6.07 Å². The Morgan fingerprint density at radius 1 is 1.08 bits per heavy atom. The first-order valence-electron chi connectivity index (χ1n) is 7.30. The van der Waals surface area contributed by atoms with Crippen LogP contribution in [0.4, 0.5) is 14.5 Å². The maximum atomic E-state index is 13.6. The highest BCUT2D eigenvalue weighted by Gasteiger charge is 2.35. The zero-order valence-corrected chi connectivity index (χ0v) is 12.9. The maximum absolute atomic E-state index is 13.6. The van der Waals surface area contributed by atoms with Crippen LogP contribution < -0.4 is 5.32 Å². The molecule has 3 rings (SSSR count). The van der Waals surface area contributed by atoms with Gasteiger partial charge < -0.3 is 5.32 Å². The zero-order chi connectivity index (χ0) is 18.1. The number of hydrogen-bond acceptors (Lipinski definition) is 3. The van der Waals surface area contributed by atoms with Crippen molar-refractivity contribution in [2.24, 2.45) is 0 Å². The van der Waals surface area contributed by atoms with Crippen LogP contribution in [0.2, 0.25) is 0 Å². The van der Waals surface area contributed by atoms with E-state index in [1.54, 1.807) is 0 Å². The summed E-state index contributed by atoms with van der Waals surface area (Å²) < 4.78 is 26.5. The highest BCUT2D eigenvalue weighted by Crippen LogP contribution is 2.24. The topological polar surface area (TPSA) is 66.5 Å². The number of halogens is 2. The number of nitrogens with one attached hydrogen (secondary N) is 1. The number of anilines is 1. The van der Waals surface area contributed by atoms with Gasteiger partial charge in [-0.2, -0.15) is 0 Å². The molecule has 3 amide bonds. The van der Waals surface area contributed by atoms with Crippen LogP contribution in [0.5, 0.6) is 0 Å². The molecule has 0 unspecified atom stereocenters. The van der Waals surface area contributed by atoms with Gasteiger partial charge in [-0.05, 0) is 30.3 Å². The van der Waals surface area contributed by atoms with E-state index < -0.39 is 29.4 Å². The van der Waals surface area contributed by atoms with Crippen LogP contribution in [0.25, 0.3) is 0 Å². The summed E-state index contributed by atoms with van der Waals surface area (Å²) in [5.41, 5.74) is 0.169. The van der Waals surface area contributed by atoms with Crippen molar-refractivity contribution >= 4 is 23.4 Å². The minimum absolute atomic E-state index is 0.0642. The number of rotatable bonds is 4. The minimum atomic E-state index is -0.919. The number of nitrogens with zero attached hydrogens (tertiary/aromatic N) is 1. The maximum Gasteiger partial charge on any atom is 0.261 e. The third kappa shape index (κ3) is 2.91. The Kier molecular flexibility index (Phi) is 4.14. The summed E-state index contributed by atoms with van der Waals surface area (Å²) in [4.78, 5) is 37.6. The van der Waals surface area contributed by atoms with Gasteiger partial charge in [-0.25, -0.2) is 8.78 Å². The Bertz CT molecular complexity index is 925. The Labute approximate surface area is 141 Å². The monoisotopic (exact) mass is 342 g/mol. The SMILES string of the molecule is C=CCN1C(=O)c2ccc(C(=O)Nc3ccc(F)cc3F)cc2C1=O. The van der Waals surface area contributed by atoms with Crippen LogP contribution in [0.1, 0.15) is 31.1 Å². The first kappa shape index (κ1) is 16.5. The van der Waals surface area contributed by atoms with E-state index in [1.807, 2.05) is 0 Å². The summed E-state index contributed by atoms with van der Waals surface area (Å²) in [7, 11) is 0. The summed E-state index contributed by atoms with van der Waals surface area (Å²) in [6.07, 6.45) is 1.42. The molecule has 2 aromatic carbocycles. The number of fused-ring (bicyclic) bond motifs is 1. The standard InChI is InChI=1S/C18H12F2N2O3/c1-2-7-22-17(24)12-5-3-10(8-13(12)18(22)25)16(23)21-15-6-4-11(19)9-14(15)20/h2-6,8-9H,1,7H2,(H,21,23). The van der Waals surface area contributed by atoms with E-state index in [2.05, 4.69) is 11.9 Å². The van der Waals surface area contributed by atoms with Crippen LogP contribution in [-0.4, -0.2) is 29.2 Å². The fourth-order valence-corrected chi connectivity index (χ4v) is 2.51. The van der Waals surface area contributed by atoms with Crippen LogP contribution in [0.15, 0.2) is 49.1 Å². The molecule has 0 saturated carbocycles. The molecule has 7 heteroatoms. The van der Waals surface area contributed by atoms with Gasteiger partial charge in [-0.1, -0.05) is 6.08 Å². The highest BCUT2D eigenvalue weighted by atomic mass is 19.1. The molecule has 1 heterocycles. The van der Waals surface area contributed by atoms with E-state index in [-0.39, 0.29) is 28.9 Å². The molecule has 126 valence electrons. The van der Waals surface area contributed by atoms with Gasteiger partial charge in [0.25, 0.3) is 17.7 Å². The normalized spacial score (nSPS) is 13.0. The molecule has 0 aliphatic carbocycles. The minimum Gasteiger partial charge on any atom is -0.319 e. The van der Waals surface area contributed by atoms with Crippen LogP contribution in [0.3, 0.4) is 0 Å². The first-order valence-corrected chi connectivity index (χ1v) is 7.30. The molecule has 0 radical (unpaired) electrons. The average molecular weight is 342 g/mol. The van der Waals surface area contributed by atoms with Crippen molar-refractivity contribution in [2.75, 3.05) is 11.9 Å². The van der Waals surface area contributed by atoms with Gasteiger partial charge in [0.1, 0.15) is 11.6 Å². The molecule has 1 aliphatic heterocycles. The van der Waals surface area contributed by atoms with E-state index in [0.717, 1.165) is 17.0 Å². The molecule has 0 aromatic heterocycles. The second-order valence-electron chi connectivity index (χ2n) is 5.35. The van der Waals surface area contributed by atoms with Crippen molar-refractivity contribution in [3.63, 3.8) is 0 Å². The van der Waals surface area contributed by atoms with E-state index in [4.69, 9.17) is 0 Å². The molecule has 0 saturated heterocycles. The average Bonchev–Trinajstić information content (AvgIpc) is 2.82. The van der Waals surface area contributed by atoms with E-state index in [9.17, 15) is 23.2 Å². The Hall–Kier alpha value is -3.35. The lowest BCUT2D eigenvalue weighted by atomic mass is 10.1. The zero-order valence-electron chi connectivity index (χ0n) is 12.9. The molecule has 1 N–H and O–H groups in total. The van der Waals surface area contributed by atoms with Crippen LogP contribution in [0, 0.1) is 11.6 Å². The third-order valence-corrected chi connectivity index (χ3v) is 3.72. The fourth-order valence-electron chi connectivity index (χ4n) is 2.51. The van der Waals surface area contributed by atoms with Crippen molar-refractivity contribution in [3.05, 3.63) is 77.4 Å². The van der Waals surface area contributed by atoms with Crippen molar-refractivity contribution < 1.29 is 23.2 Å². The van der Waals surface area contributed by atoms with Gasteiger partial charge in [-0.3, -0.25) is 19.3 Å². The predicted octanol–water partition coefficient (Wildman–Crippen LogP) is 3.00. The Balaban J connectivity index is 1.88. The van der Waals surface area contributed by atoms with Gasteiger partial charge in [0.15, 0.2) is 0 Å². The van der Waals surface area contributed by atoms with Crippen molar-refractivity contribution in [1.29, 1.82) is 0 Å². The predicted molar refractivity (Wildman–Crippen MR) is 86.3 cm³/mol. The molecule has 0 atom stereocenters. The number of imide groups is 1. The molecular formula is C18H12F2N2O3. The van der Waals surface area contributed by atoms with Gasteiger partial charge >= 0.3 is 0 Å². The Morgan fingerprint density at radius 2 is 1.80 bits per heavy atom. The van der Waals surface area contributed by atoms with E-state index >= 15 is 0 Å². The quantitative estimate of drug-likeness (QED) is 0.686. The summed E-state index contributed by atoms with van der Waals surface area (Å²) in [6, 6.07) is 6.75. The lowest BCUT2D eigenvalue weighted by molar-refractivity contribution is 0.0672. The molecule has 5 nitrogen and oxygen atoms in total. The third-order valence-electron chi connectivity index (χ3n) is 3.72. The summed E-state index contributed by atoms with van der Waals surface area (Å²) in [6.45, 7) is 3.55. The molecule has 1 aliphatic rings. The number of hydrogen-bond donors (Lipinski definition) is 1. The molecule has 0 spiro atoms. The molecule has 0 fully saturated rings. The second-order valence-corrected chi connectivity index (χ2v) is 5.35. The van der Waals surface area contributed by atoms with Gasteiger partial charge in [-0.15, -0.1) is 6.58 Å². The van der Waals surface area contributed by atoms with Gasteiger partial charge in [0.05, 0.1) is 16.8 Å². The van der Waals surface area contributed by atoms with Crippen LogP contribution >= 0.6 is 0 Å². The Morgan fingerprint density at radius 3 is 2.48 bits per heavy atom. The fraction of sp³-hybridized carbons (Fsp3) is 0.0556. The lowest BCUT2D eigenvalue weighted by Gasteiger charge is -2.09. The summed E-state index contributed by atoms with van der Waals surface area (Å²) in [5, 5.41) is 2.30. The van der Waals surface area contributed by atoms with Crippen molar-refractivity contribution in [2.45, 2.75) is 0 Å². The van der Waals surface area contributed by atoms with Gasteiger partial charge in [0, 0.05) is 18.2 Å². The van der Waals surface area contributed by atoms with Crippen molar-refractivity contribution in [3.8, 4) is 0 Å². The van der Waals surface area contributed by atoms with E-state index in [1.165, 1.54) is 24.3 Å². The van der Waals surface area contributed by atoms with Gasteiger partial charge in [0.2, 0.25) is 0 Å². The highest BCUT2D eigenvalue weighted by molar-refractivity contribution is 6.22. The van der Waals surface area contributed by atoms with Crippen molar-refractivity contribution in [1.82, 2.24) is 4.90 Å². The first-order chi connectivity index (χ1) is 11.9. The number of amides is 3. The second kappa shape index (κ2) is 6.27. The molecule has 2 aromatic rings.